The molecule has 0 saturated carbocycles. The van der Waals surface area contributed by atoms with Gasteiger partial charge in [-0.15, -0.1) is 0 Å². The third-order valence-corrected chi connectivity index (χ3v) is 5.14. The molecule has 3 aromatic rings. The Morgan fingerprint density at radius 3 is 2.59 bits per heavy atom. The van der Waals surface area contributed by atoms with Gasteiger partial charge in [-0.2, -0.15) is 0 Å². The van der Waals surface area contributed by atoms with Crippen molar-refractivity contribution in [3.63, 3.8) is 0 Å². The molecular formula is C22H22N2O3. The van der Waals surface area contributed by atoms with Crippen LogP contribution >= 0.6 is 0 Å². The fourth-order valence-corrected chi connectivity index (χ4v) is 3.66. The maximum absolute atomic E-state index is 13.0. The molecule has 1 aromatic heterocycles. The molecule has 0 unspecified atom stereocenters. The molecule has 1 fully saturated rings. The molecule has 0 bridgehead atoms. The standard InChI is InChI=1S/C22H22N2O3/c25-15-17-8-6-16(7-9-17)12-18-10-11-24(14-18)22(26)20-13-23-27-21(20)19-4-2-1-3-5-19/h1-9,13,18,25H,10-12,14-15H2/t18-/m0/s1. The quantitative estimate of drug-likeness (QED) is 0.754. The Balaban J connectivity index is 1.43. The summed E-state index contributed by atoms with van der Waals surface area (Å²) in [6.45, 7) is 1.55. The average Bonchev–Trinajstić information content (AvgIpc) is 3.38. The van der Waals surface area contributed by atoms with Crippen LogP contribution in [0, 0.1) is 5.92 Å². The third-order valence-electron chi connectivity index (χ3n) is 5.14. The molecule has 1 aliphatic rings. The maximum atomic E-state index is 13.0. The number of likely N-dealkylation sites (tertiary alicyclic amines) is 1. The monoisotopic (exact) mass is 362 g/mol. The van der Waals surface area contributed by atoms with E-state index in [2.05, 4.69) is 17.3 Å². The highest BCUT2D eigenvalue weighted by Gasteiger charge is 2.30. The van der Waals surface area contributed by atoms with Crippen molar-refractivity contribution in [2.45, 2.75) is 19.4 Å². The van der Waals surface area contributed by atoms with Gasteiger partial charge in [0.15, 0.2) is 5.76 Å². The van der Waals surface area contributed by atoms with Gasteiger partial charge in [0, 0.05) is 18.7 Å². The Hall–Kier alpha value is -2.92. The predicted octanol–water partition coefficient (Wildman–Crippen LogP) is 3.54. The van der Waals surface area contributed by atoms with Crippen LogP contribution in [0.2, 0.25) is 0 Å². The van der Waals surface area contributed by atoms with Crippen molar-refractivity contribution < 1.29 is 14.4 Å². The van der Waals surface area contributed by atoms with E-state index in [1.54, 1.807) is 0 Å². The molecule has 1 amide bonds. The first kappa shape index (κ1) is 17.5. The van der Waals surface area contributed by atoms with Crippen LogP contribution in [0.3, 0.4) is 0 Å². The number of carbonyl (C=O) groups excluding carboxylic acids is 1. The van der Waals surface area contributed by atoms with Gasteiger partial charge in [-0.1, -0.05) is 59.8 Å². The van der Waals surface area contributed by atoms with Gasteiger partial charge < -0.3 is 14.5 Å². The number of rotatable bonds is 5. The van der Waals surface area contributed by atoms with Crippen LogP contribution in [0.15, 0.2) is 65.3 Å². The number of nitrogens with zero attached hydrogens (tertiary/aromatic N) is 2. The van der Waals surface area contributed by atoms with E-state index in [1.165, 1.54) is 11.8 Å². The molecule has 0 radical (unpaired) electrons. The molecule has 5 nitrogen and oxygen atoms in total. The molecular weight excluding hydrogens is 340 g/mol. The lowest BCUT2D eigenvalue weighted by Crippen LogP contribution is -2.29. The van der Waals surface area contributed by atoms with E-state index in [4.69, 9.17) is 9.63 Å². The molecule has 27 heavy (non-hydrogen) atoms. The summed E-state index contributed by atoms with van der Waals surface area (Å²) in [7, 11) is 0. The van der Waals surface area contributed by atoms with Crippen LogP contribution in [0.5, 0.6) is 0 Å². The molecule has 5 heteroatoms. The summed E-state index contributed by atoms with van der Waals surface area (Å²) in [5.74, 6) is 0.950. The van der Waals surface area contributed by atoms with Gasteiger partial charge in [-0.05, 0) is 29.9 Å². The summed E-state index contributed by atoms with van der Waals surface area (Å²) in [6.07, 6.45) is 3.44. The summed E-state index contributed by atoms with van der Waals surface area (Å²) in [4.78, 5) is 14.9. The molecule has 0 spiro atoms. The second-order valence-electron chi connectivity index (χ2n) is 7.02. The van der Waals surface area contributed by atoms with Crippen molar-refractivity contribution in [1.82, 2.24) is 10.1 Å². The van der Waals surface area contributed by atoms with E-state index in [0.717, 1.165) is 37.1 Å². The van der Waals surface area contributed by atoms with Crippen molar-refractivity contribution >= 4 is 5.91 Å². The first-order valence-corrected chi connectivity index (χ1v) is 9.22. The minimum Gasteiger partial charge on any atom is -0.392 e. The molecule has 1 atom stereocenters. The zero-order valence-corrected chi connectivity index (χ0v) is 15.0. The van der Waals surface area contributed by atoms with E-state index in [9.17, 15) is 4.79 Å². The Bertz CT molecular complexity index is 903. The Kier molecular flexibility index (Phi) is 5.03. The smallest absolute Gasteiger partial charge is 0.259 e. The van der Waals surface area contributed by atoms with Crippen LogP contribution < -0.4 is 0 Å². The molecule has 138 valence electrons. The first-order chi connectivity index (χ1) is 13.2. The molecule has 4 rings (SSSR count). The summed E-state index contributed by atoms with van der Waals surface area (Å²) in [6, 6.07) is 17.6. The van der Waals surface area contributed by atoms with Crippen molar-refractivity contribution in [2.75, 3.05) is 13.1 Å². The number of benzene rings is 2. The van der Waals surface area contributed by atoms with E-state index >= 15 is 0 Å². The van der Waals surface area contributed by atoms with Gasteiger partial charge in [0.1, 0.15) is 5.56 Å². The number of amides is 1. The minimum atomic E-state index is -0.0202. The lowest BCUT2D eigenvalue weighted by atomic mass is 9.98. The third kappa shape index (κ3) is 3.78. The minimum absolute atomic E-state index is 0.0202. The molecule has 1 saturated heterocycles. The zero-order valence-electron chi connectivity index (χ0n) is 15.0. The number of hydrogen-bond donors (Lipinski definition) is 1. The van der Waals surface area contributed by atoms with Crippen LogP contribution in [0.25, 0.3) is 11.3 Å². The highest BCUT2D eigenvalue weighted by molar-refractivity contribution is 5.99. The van der Waals surface area contributed by atoms with Gasteiger partial charge in [-0.3, -0.25) is 4.79 Å². The fraction of sp³-hybridized carbons (Fsp3) is 0.273. The molecule has 2 aromatic carbocycles. The van der Waals surface area contributed by atoms with E-state index in [-0.39, 0.29) is 12.5 Å². The predicted molar refractivity (Wildman–Crippen MR) is 102 cm³/mol. The van der Waals surface area contributed by atoms with Crippen molar-refractivity contribution in [2.24, 2.45) is 5.92 Å². The second-order valence-corrected chi connectivity index (χ2v) is 7.02. The number of hydrogen-bond acceptors (Lipinski definition) is 4. The van der Waals surface area contributed by atoms with Crippen molar-refractivity contribution in [3.05, 3.63) is 77.5 Å². The van der Waals surface area contributed by atoms with Crippen LogP contribution in [-0.4, -0.2) is 34.2 Å². The van der Waals surface area contributed by atoms with Gasteiger partial charge in [0.2, 0.25) is 0 Å². The zero-order chi connectivity index (χ0) is 18.6. The van der Waals surface area contributed by atoms with E-state index in [1.807, 2.05) is 47.4 Å². The van der Waals surface area contributed by atoms with Crippen LogP contribution in [-0.2, 0) is 13.0 Å². The maximum Gasteiger partial charge on any atom is 0.259 e. The number of aliphatic hydroxyl groups excluding tert-OH is 1. The van der Waals surface area contributed by atoms with E-state index < -0.39 is 0 Å². The van der Waals surface area contributed by atoms with Gasteiger partial charge in [0.05, 0.1) is 12.8 Å². The SMILES string of the molecule is O=C(c1cnoc1-c1ccccc1)N1CC[C@@H](Cc2ccc(CO)cc2)C1. The van der Waals surface area contributed by atoms with E-state index in [0.29, 0.717) is 17.2 Å². The van der Waals surface area contributed by atoms with Crippen molar-refractivity contribution in [1.29, 1.82) is 0 Å². The van der Waals surface area contributed by atoms with Crippen LogP contribution in [0.4, 0.5) is 0 Å². The summed E-state index contributed by atoms with van der Waals surface area (Å²) in [5, 5.41) is 13.0. The Labute approximate surface area is 158 Å². The summed E-state index contributed by atoms with van der Waals surface area (Å²) in [5.41, 5.74) is 3.54. The topological polar surface area (TPSA) is 66.6 Å². The first-order valence-electron chi connectivity index (χ1n) is 9.22. The van der Waals surface area contributed by atoms with Crippen molar-refractivity contribution in [3.8, 4) is 11.3 Å². The molecule has 1 aliphatic heterocycles. The largest absolute Gasteiger partial charge is 0.392 e. The molecule has 2 heterocycles. The molecule has 0 aliphatic carbocycles. The Morgan fingerprint density at radius 1 is 1.11 bits per heavy atom. The average molecular weight is 362 g/mol. The number of aliphatic hydroxyl groups is 1. The number of aromatic nitrogens is 1. The summed E-state index contributed by atoms with van der Waals surface area (Å²) >= 11 is 0. The lowest BCUT2D eigenvalue weighted by molar-refractivity contribution is 0.0787. The summed E-state index contributed by atoms with van der Waals surface area (Å²) < 4.78 is 5.36. The fourth-order valence-electron chi connectivity index (χ4n) is 3.66. The normalized spacial score (nSPS) is 16.6. The number of carbonyl (C=O) groups is 1. The highest BCUT2D eigenvalue weighted by atomic mass is 16.5. The highest BCUT2D eigenvalue weighted by Crippen LogP contribution is 2.27. The van der Waals surface area contributed by atoms with Crippen LogP contribution in [0.1, 0.15) is 27.9 Å². The lowest BCUT2D eigenvalue weighted by Gasteiger charge is -2.16. The van der Waals surface area contributed by atoms with Gasteiger partial charge in [-0.25, -0.2) is 0 Å². The molecule has 1 N–H and O–H groups in total. The second kappa shape index (κ2) is 7.76. The van der Waals surface area contributed by atoms with Gasteiger partial charge >= 0.3 is 0 Å². The Morgan fingerprint density at radius 2 is 1.85 bits per heavy atom. The van der Waals surface area contributed by atoms with Gasteiger partial charge in [0.25, 0.3) is 5.91 Å².